The highest BCUT2D eigenvalue weighted by Gasteiger charge is 2.30. The third-order valence-corrected chi connectivity index (χ3v) is 3.41. The van der Waals surface area contributed by atoms with Crippen molar-refractivity contribution in [2.45, 2.75) is 45.8 Å². The molecule has 5 heteroatoms. The van der Waals surface area contributed by atoms with E-state index in [0.29, 0.717) is 6.54 Å². The van der Waals surface area contributed by atoms with Gasteiger partial charge in [0.2, 0.25) is 0 Å². The third kappa shape index (κ3) is 4.86. The molecule has 21 heavy (non-hydrogen) atoms. The molecule has 2 atom stereocenters. The first-order valence-electron chi connectivity index (χ1n) is 7.27. The van der Waals surface area contributed by atoms with Crippen molar-refractivity contribution in [3.63, 3.8) is 0 Å². The Morgan fingerprint density at radius 2 is 1.86 bits per heavy atom. The summed E-state index contributed by atoms with van der Waals surface area (Å²) in [6.45, 7) is 6.26. The largest absolute Gasteiger partial charge is 0.464 e. The second kappa shape index (κ2) is 8.42. The summed E-state index contributed by atoms with van der Waals surface area (Å²) < 4.78 is 4.83. The van der Waals surface area contributed by atoms with Gasteiger partial charge < -0.3 is 15.4 Å². The van der Waals surface area contributed by atoms with Crippen molar-refractivity contribution in [2.75, 3.05) is 6.61 Å². The van der Waals surface area contributed by atoms with Gasteiger partial charge in [0.15, 0.2) is 6.04 Å². The zero-order valence-corrected chi connectivity index (χ0v) is 12.9. The van der Waals surface area contributed by atoms with Gasteiger partial charge in [-0.1, -0.05) is 37.3 Å². The fraction of sp³-hybridized carbons (Fsp3) is 0.500. The predicted molar refractivity (Wildman–Crippen MR) is 81.4 cm³/mol. The highest BCUT2D eigenvalue weighted by atomic mass is 16.5. The molecule has 5 nitrogen and oxygen atoms in total. The van der Waals surface area contributed by atoms with Crippen LogP contribution in [0, 0.1) is 0 Å². The highest BCUT2D eigenvalue weighted by molar-refractivity contribution is 6.01. The van der Waals surface area contributed by atoms with Crippen LogP contribution in [0.15, 0.2) is 30.3 Å². The minimum atomic E-state index is -1.26. The van der Waals surface area contributed by atoms with Crippen LogP contribution in [0.3, 0.4) is 0 Å². The second-order valence-electron chi connectivity index (χ2n) is 4.94. The first kappa shape index (κ1) is 17.2. The molecule has 0 saturated heterocycles. The first-order valence-corrected chi connectivity index (χ1v) is 7.27. The topological polar surface area (TPSA) is 72.6 Å². The highest BCUT2D eigenvalue weighted by Crippen LogP contribution is 2.12. The molecule has 116 valence electrons. The van der Waals surface area contributed by atoms with Crippen LogP contribution in [0.5, 0.6) is 0 Å². The number of esters is 1. The van der Waals surface area contributed by atoms with E-state index in [9.17, 15) is 9.59 Å². The molecule has 0 aliphatic carbocycles. The van der Waals surface area contributed by atoms with Gasteiger partial charge in [0.1, 0.15) is 0 Å². The van der Waals surface area contributed by atoms with E-state index in [0.717, 1.165) is 12.0 Å². The van der Waals surface area contributed by atoms with E-state index in [2.05, 4.69) is 0 Å². The minimum Gasteiger partial charge on any atom is -0.464 e. The molecule has 0 aromatic heterocycles. The monoisotopic (exact) mass is 292 g/mol. The van der Waals surface area contributed by atoms with Gasteiger partial charge in [-0.2, -0.15) is 0 Å². The molecular weight excluding hydrogens is 268 g/mol. The predicted octanol–water partition coefficient (Wildman–Crippen LogP) is 1.70. The Morgan fingerprint density at radius 1 is 1.24 bits per heavy atom. The van der Waals surface area contributed by atoms with Crippen LogP contribution in [0.25, 0.3) is 0 Å². The number of carbonyl (C=O) groups excluding carboxylic acids is 2. The lowest BCUT2D eigenvalue weighted by Crippen LogP contribution is -2.51. The molecule has 0 heterocycles. The number of rotatable bonds is 7. The van der Waals surface area contributed by atoms with E-state index >= 15 is 0 Å². The molecule has 1 rings (SSSR count). The van der Waals surface area contributed by atoms with Gasteiger partial charge in [-0.15, -0.1) is 0 Å². The van der Waals surface area contributed by atoms with E-state index in [-0.39, 0.29) is 12.6 Å². The number of ether oxygens (including phenoxy) is 1. The number of amides is 1. The summed E-state index contributed by atoms with van der Waals surface area (Å²) >= 11 is 0. The Balaban J connectivity index is 2.87. The standard InChI is InChI=1S/C16H24N2O3/c1-4-12(3)18(11-13-9-7-6-8-10-13)15(19)14(17)16(20)21-5-2/h6-10,12,14H,4-5,11,17H2,1-3H3. The zero-order valence-electron chi connectivity index (χ0n) is 12.9. The molecule has 1 amide bonds. The van der Waals surface area contributed by atoms with Gasteiger partial charge in [-0.3, -0.25) is 4.79 Å². The quantitative estimate of drug-likeness (QED) is 0.613. The summed E-state index contributed by atoms with van der Waals surface area (Å²) in [5, 5.41) is 0. The summed E-state index contributed by atoms with van der Waals surface area (Å²) in [4.78, 5) is 25.8. The molecule has 0 saturated carbocycles. The van der Waals surface area contributed by atoms with Gasteiger partial charge in [0, 0.05) is 12.6 Å². The number of nitrogens with zero attached hydrogens (tertiary/aromatic N) is 1. The molecule has 0 aliphatic heterocycles. The van der Waals surface area contributed by atoms with Gasteiger partial charge in [-0.25, -0.2) is 4.79 Å². The lowest BCUT2D eigenvalue weighted by molar-refractivity contribution is -0.151. The average molecular weight is 292 g/mol. The smallest absolute Gasteiger partial charge is 0.332 e. The molecule has 0 radical (unpaired) electrons. The summed E-state index contributed by atoms with van der Waals surface area (Å²) in [6, 6.07) is 8.38. The molecule has 2 unspecified atom stereocenters. The summed E-state index contributed by atoms with van der Waals surface area (Å²) in [5.74, 6) is -1.07. The average Bonchev–Trinajstić information content (AvgIpc) is 2.51. The van der Waals surface area contributed by atoms with Crippen molar-refractivity contribution in [1.82, 2.24) is 4.90 Å². The van der Waals surface area contributed by atoms with Crippen molar-refractivity contribution < 1.29 is 14.3 Å². The van der Waals surface area contributed by atoms with Crippen LogP contribution in [0.1, 0.15) is 32.8 Å². The van der Waals surface area contributed by atoms with Crippen molar-refractivity contribution in [2.24, 2.45) is 5.73 Å². The first-order chi connectivity index (χ1) is 10.0. The normalized spacial score (nSPS) is 13.3. The number of hydrogen-bond acceptors (Lipinski definition) is 4. The van der Waals surface area contributed by atoms with Crippen LogP contribution in [-0.4, -0.2) is 35.5 Å². The Hall–Kier alpha value is -1.88. The summed E-state index contributed by atoms with van der Waals surface area (Å²) in [7, 11) is 0. The van der Waals surface area contributed by atoms with Crippen LogP contribution in [0.4, 0.5) is 0 Å². The molecular formula is C16H24N2O3. The minimum absolute atomic E-state index is 0.00168. The molecule has 1 aromatic carbocycles. The van der Waals surface area contributed by atoms with E-state index in [4.69, 9.17) is 10.5 Å². The van der Waals surface area contributed by atoms with Crippen LogP contribution in [-0.2, 0) is 20.9 Å². The summed E-state index contributed by atoms with van der Waals surface area (Å²) in [6.07, 6.45) is 0.786. The molecule has 0 bridgehead atoms. The molecule has 1 aromatic rings. The van der Waals surface area contributed by atoms with E-state index in [1.807, 2.05) is 44.2 Å². The Bertz CT molecular complexity index is 462. The van der Waals surface area contributed by atoms with Crippen LogP contribution in [0.2, 0.25) is 0 Å². The van der Waals surface area contributed by atoms with Crippen LogP contribution < -0.4 is 5.73 Å². The van der Waals surface area contributed by atoms with Crippen molar-refractivity contribution in [3.05, 3.63) is 35.9 Å². The maximum absolute atomic E-state index is 12.5. The maximum Gasteiger partial charge on any atom is 0.332 e. The van der Waals surface area contributed by atoms with Gasteiger partial charge >= 0.3 is 5.97 Å². The maximum atomic E-state index is 12.5. The fourth-order valence-electron chi connectivity index (χ4n) is 1.96. The van der Waals surface area contributed by atoms with Crippen molar-refractivity contribution in [1.29, 1.82) is 0 Å². The molecule has 0 fully saturated rings. The lowest BCUT2D eigenvalue weighted by atomic mass is 10.1. The molecule has 2 N–H and O–H groups in total. The molecule has 0 aliphatic rings. The van der Waals surface area contributed by atoms with Crippen molar-refractivity contribution >= 4 is 11.9 Å². The third-order valence-electron chi connectivity index (χ3n) is 3.41. The Morgan fingerprint density at radius 3 is 2.38 bits per heavy atom. The van der Waals surface area contributed by atoms with Gasteiger partial charge in [0.05, 0.1) is 6.61 Å². The molecule has 0 spiro atoms. The van der Waals surface area contributed by atoms with Gasteiger partial charge in [0.25, 0.3) is 5.91 Å². The zero-order chi connectivity index (χ0) is 15.8. The van der Waals surface area contributed by atoms with E-state index in [1.165, 1.54) is 0 Å². The van der Waals surface area contributed by atoms with E-state index < -0.39 is 17.9 Å². The fourth-order valence-corrected chi connectivity index (χ4v) is 1.96. The number of carbonyl (C=O) groups is 2. The van der Waals surface area contributed by atoms with Gasteiger partial charge in [-0.05, 0) is 25.8 Å². The number of hydrogen-bond donors (Lipinski definition) is 1. The Kier molecular flexibility index (Phi) is 6.88. The SMILES string of the molecule is CCOC(=O)C(N)C(=O)N(Cc1ccccc1)C(C)CC. The Labute approximate surface area is 126 Å². The number of benzene rings is 1. The van der Waals surface area contributed by atoms with E-state index in [1.54, 1.807) is 11.8 Å². The second-order valence-corrected chi connectivity index (χ2v) is 4.94. The number of nitrogens with two attached hydrogens (primary N) is 1. The van der Waals surface area contributed by atoms with Crippen LogP contribution >= 0.6 is 0 Å². The summed E-state index contributed by atoms with van der Waals surface area (Å²) in [5.41, 5.74) is 6.73. The van der Waals surface area contributed by atoms with Crippen molar-refractivity contribution in [3.8, 4) is 0 Å². The lowest BCUT2D eigenvalue weighted by Gasteiger charge is -2.30.